The van der Waals surface area contributed by atoms with Gasteiger partial charge in [0.05, 0.1) is 6.54 Å². The fraction of sp³-hybridized carbons (Fsp3) is 0.476. The number of piperidine rings is 1. The van der Waals surface area contributed by atoms with Crippen molar-refractivity contribution in [1.29, 1.82) is 0 Å². The quantitative estimate of drug-likeness (QED) is 0.716. The predicted octanol–water partition coefficient (Wildman–Crippen LogP) is 2.32. The summed E-state index contributed by atoms with van der Waals surface area (Å²) >= 11 is 0. The number of carbonyl (C=O) groups excluding carboxylic acids is 1. The molecule has 29 heavy (non-hydrogen) atoms. The molecular formula is C21H26N6O2. The van der Waals surface area contributed by atoms with E-state index in [9.17, 15) is 9.59 Å². The SMILES string of the molecule is CC(C)CC(=O)N1CCCC(c2nc3c(nnn3Cc3ccccc3)c(=O)[nH]2)C1. The van der Waals surface area contributed by atoms with E-state index >= 15 is 0 Å². The molecule has 8 heteroatoms. The van der Waals surface area contributed by atoms with Crippen LogP contribution in [-0.2, 0) is 11.3 Å². The van der Waals surface area contributed by atoms with Crippen LogP contribution in [0.15, 0.2) is 35.1 Å². The molecule has 1 fully saturated rings. The Bertz CT molecular complexity index is 1060. The maximum absolute atomic E-state index is 12.6. The Morgan fingerprint density at radius 2 is 2.07 bits per heavy atom. The van der Waals surface area contributed by atoms with Gasteiger partial charge in [-0.3, -0.25) is 9.59 Å². The zero-order valence-electron chi connectivity index (χ0n) is 16.8. The second-order valence-corrected chi connectivity index (χ2v) is 8.13. The molecule has 0 bridgehead atoms. The Morgan fingerprint density at radius 3 is 2.83 bits per heavy atom. The molecule has 8 nitrogen and oxygen atoms in total. The van der Waals surface area contributed by atoms with Crippen LogP contribution < -0.4 is 5.56 Å². The Balaban J connectivity index is 1.61. The van der Waals surface area contributed by atoms with Crippen LogP contribution in [0.5, 0.6) is 0 Å². The first-order valence-electron chi connectivity index (χ1n) is 10.2. The highest BCUT2D eigenvalue weighted by Crippen LogP contribution is 2.25. The van der Waals surface area contributed by atoms with Gasteiger partial charge in [-0.05, 0) is 24.3 Å². The summed E-state index contributed by atoms with van der Waals surface area (Å²) in [7, 11) is 0. The lowest BCUT2D eigenvalue weighted by atomic mass is 9.96. The van der Waals surface area contributed by atoms with Gasteiger partial charge in [-0.15, -0.1) is 5.10 Å². The molecule has 1 aromatic carbocycles. The number of nitrogens with zero attached hydrogens (tertiary/aromatic N) is 5. The molecule has 1 N–H and O–H groups in total. The molecule has 1 aliphatic heterocycles. The number of aromatic nitrogens is 5. The number of hydrogen-bond donors (Lipinski definition) is 1. The van der Waals surface area contributed by atoms with Crippen molar-refractivity contribution in [2.75, 3.05) is 13.1 Å². The van der Waals surface area contributed by atoms with Crippen molar-refractivity contribution < 1.29 is 4.79 Å². The maximum atomic E-state index is 12.6. The van der Waals surface area contributed by atoms with E-state index in [4.69, 9.17) is 4.98 Å². The number of hydrogen-bond acceptors (Lipinski definition) is 5. The van der Waals surface area contributed by atoms with Crippen molar-refractivity contribution in [2.45, 2.75) is 45.6 Å². The summed E-state index contributed by atoms with van der Waals surface area (Å²) in [5.41, 5.74) is 1.51. The van der Waals surface area contributed by atoms with Gasteiger partial charge < -0.3 is 9.88 Å². The van der Waals surface area contributed by atoms with Gasteiger partial charge in [0, 0.05) is 25.4 Å². The van der Waals surface area contributed by atoms with Crippen molar-refractivity contribution >= 4 is 17.1 Å². The van der Waals surface area contributed by atoms with Gasteiger partial charge >= 0.3 is 0 Å². The molecule has 1 atom stereocenters. The molecular weight excluding hydrogens is 368 g/mol. The van der Waals surface area contributed by atoms with Crippen molar-refractivity contribution in [3.05, 3.63) is 52.1 Å². The second kappa shape index (κ2) is 8.14. The summed E-state index contributed by atoms with van der Waals surface area (Å²) < 4.78 is 1.66. The van der Waals surface area contributed by atoms with E-state index in [1.54, 1.807) is 4.68 Å². The van der Waals surface area contributed by atoms with Crippen LogP contribution in [0.1, 0.15) is 50.4 Å². The van der Waals surface area contributed by atoms with Crippen molar-refractivity contribution in [3.63, 3.8) is 0 Å². The number of rotatable bonds is 5. The topological polar surface area (TPSA) is 96.8 Å². The van der Waals surface area contributed by atoms with E-state index in [1.165, 1.54) is 0 Å². The lowest BCUT2D eigenvalue weighted by Crippen LogP contribution is -2.40. The summed E-state index contributed by atoms with van der Waals surface area (Å²) in [5, 5.41) is 8.15. The molecule has 4 rings (SSSR count). The third-order valence-corrected chi connectivity index (χ3v) is 5.31. The predicted molar refractivity (Wildman–Crippen MR) is 109 cm³/mol. The van der Waals surface area contributed by atoms with E-state index in [0.29, 0.717) is 36.9 Å². The minimum Gasteiger partial charge on any atom is -0.342 e. The van der Waals surface area contributed by atoms with Gasteiger partial charge in [-0.1, -0.05) is 49.4 Å². The van der Waals surface area contributed by atoms with Crippen LogP contribution in [0.25, 0.3) is 11.2 Å². The number of carbonyl (C=O) groups is 1. The number of aromatic amines is 1. The van der Waals surface area contributed by atoms with Gasteiger partial charge in [0.2, 0.25) is 5.91 Å². The third-order valence-electron chi connectivity index (χ3n) is 5.31. The Labute approximate surface area is 168 Å². The minimum atomic E-state index is -0.282. The van der Waals surface area contributed by atoms with Gasteiger partial charge in [-0.25, -0.2) is 9.67 Å². The molecule has 0 saturated carbocycles. The van der Waals surface area contributed by atoms with E-state index in [0.717, 1.165) is 24.9 Å². The molecule has 1 amide bonds. The zero-order chi connectivity index (χ0) is 20.4. The van der Waals surface area contributed by atoms with Crippen LogP contribution in [-0.4, -0.2) is 48.9 Å². The van der Waals surface area contributed by atoms with Gasteiger partial charge in [0.15, 0.2) is 11.2 Å². The standard InChI is InChI=1S/C21H26N6O2/c1-14(2)11-17(28)26-10-6-9-16(13-26)19-22-20-18(21(29)23-19)24-25-27(20)12-15-7-4-3-5-8-15/h3-5,7-8,14,16H,6,9-13H2,1-2H3,(H,22,23,29). The molecule has 2 aromatic heterocycles. The zero-order valence-corrected chi connectivity index (χ0v) is 16.8. The van der Waals surface area contributed by atoms with Gasteiger partial charge in [0.25, 0.3) is 5.56 Å². The molecule has 0 radical (unpaired) electrons. The summed E-state index contributed by atoms with van der Waals surface area (Å²) in [4.78, 5) is 34.6. The van der Waals surface area contributed by atoms with Crippen LogP contribution in [0.3, 0.4) is 0 Å². The molecule has 1 unspecified atom stereocenters. The highest BCUT2D eigenvalue weighted by atomic mass is 16.2. The first-order valence-corrected chi connectivity index (χ1v) is 10.2. The van der Waals surface area contributed by atoms with Gasteiger partial charge in [-0.2, -0.15) is 0 Å². The van der Waals surface area contributed by atoms with E-state index < -0.39 is 0 Å². The van der Waals surface area contributed by atoms with Crippen molar-refractivity contribution in [3.8, 4) is 0 Å². The number of amides is 1. The number of H-pyrrole nitrogens is 1. The number of benzene rings is 1. The average Bonchev–Trinajstić information content (AvgIpc) is 3.12. The Morgan fingerprint density at radius 1 is 1.28 bits per heavy atom. The normalized spacial score (nSPS) is 17.2. The molecule has 0 aliphatic carbocycles. The molecule has 152 valence electrons. The average molecular weight is 394 g/mol. The second-order valence-electron chi connectivity index (χ2n) is 8.13. The monoisotopic (exact) mass is 394 g/mol. The number of likely N-dealkylation sites (tertiary alicyclic amines) is 1. The summed E-state index contributed by atoms with van der Waals surface area (Å²) in [5.74, 6) is 1.12. The highest BCUT2D eigenvalue weighted by Gasteiger charge is 2.27. The molecule has 1 aliphatic rings. The maximum Gasteiger partial charge on any atom is 0.281 e. The Hall–Kier alpha value is -3.03. The molecule has 3 heterocycles. The number of nitrogens with one attached hydrogen (secondary N) is 1. The fourth-order valence-corrected chi connectivity index (χ4v) is 3.84. The van der Waals surface area contributed by atoms with Crippen LogP contribution in [0.2, 0.25) is 0 Å². The van der Waals surface area contributed by atoms with Crippen LogP contribution in [0, 0.1) is 5.92 Å². The third kappa shape index (κ3) is 4.21. The smallest absolute Gasteiger partial charge is 0.281 e. The number of fused-ring (bicyclic) bond motifs is 1. The van der Waals surface area contributed by atoms with Crippen molar-refractivity contribution in [2.24, 2.45) is 5.92 Å². The first kappa shape index (κ1) is 19.3. The fourth-order valence-electron chi connectivity index (χ4n) is 3.84. The van der Waals surface area contributed by atoms with Gasteiger partial charge in [0.1, 0.15) is 5.82 Å². The lowest BCUT2D eigenvalue weighted by molar-refractivity contribution is -0.133. The summed E-state index contributed by atoms with van der Waals surface area (Å²) in [6.45, 7) is 5.94. The highest BCUT2D eigenvalue weighted by molar-refractivity contribution is 5.76. The van der Waals surface area contributed by atoms with Crippen molar-refractivity contribution in [1.82, 2.24) is 29.9 Å². The summed E-state index contributed by atoms with van der Waals surface area (Å²) in [6, 6.07) is 9.89. The lowest BCUT2D eigenvalue weighted by Gasteiger charge is -2.32. The molecule has 0 spiro atoms. The first-order chi connectivity index (χ1) is 14.0. The molecule has 1 saturated heterocycles. The Kier molecular flexibility index (Phi) is 5.42. The van der Waals surface area contributed by atoms with Crippen LogP contribution >= 0.6 is 0 Å². The van der Waals surface area contributed by atoms with Crippen LogP contribution in [0.4, 0.5) is 0 Å². The molecule has 3 aromatic rings. The minimum absolute atomic E-state index is 0.0111. The summed E-state index contributed by atoms with van der Waals surface area (Å²) in [6.07, 6.45) is 2.33. The van der Waals surface area contributed by atoms with E-state index in [1.807, 2.05) is 49.1 Å². The van der Waals surface area contributed by atoms with E-state index in [2.05, 4.69) is 15.3 Å². The van der Waals surface area contributed by atoms with E-state index in [-0.39, 0.29) is 22.9 Å². The largest absolute Gasteiger partial charge is 0.342 e.